The number of rotatable bonds is 21. The first-order valence-corrected chi connectivity index (χ1v) is 19.4. The van der Waals surface area contributed by atoms with Crippen molar-refractivity contribution in [3.63, 3.8) is 0 Å². The van der Waals surface area contributed by atoms with Crippen LogP contribution >= 0.6 is 0 Å². The summed E-state index contributed by atoms with van der Waals surface area (Å²) in [5, 5.41) is 44.8. The van der Waals surface area contributed by atoms with E-state index in [4.69, 9.17) is 24.2 Å². The third kappa shape index (κ3) is 8.81. The quantitative estimate of drug-likeness (QED) is 0.0744. The molecule has 288 valence electrons. The number of fused-ring (bicyclic) bond motifs is 2. The normalized spacial score (nSPS) is 26.6. The number of hydrogen-bond donors (Lipinski definition) is 4. The van der Waals surface area contributed by atoms with Crippen molar-refractivity contribution in [3.8, 4) is 11.5 Å². The molecule has 0 unspecified atom stereocenters. The van der Waals surface area contributed by atoms with Crippen molar-refractivity contribution in [1.29, 1.82) is 0 Å². The number of aliphatic hydroxyl groups excluding tert-OH is 3. The second-order valence-electron chi connectivity index (χ2n) is 14.7. The van der Waals surface area contributed by atoms with Crippen LogP contribution in [-0.2, 0) is 25.7 Å². The second kappa shape index (κ2) is 18.5. The van der Waals surface area contributed by atoms with E-state index in [9.17, 15) is 25.2 Å². The third-order valence-electron chi connectivity index (χ3n) is 11.2. The molecule has 0 spiro atoms. The summed E-state index contributed by atoms with van der Waals surface area (Å²) in [7, 11) is 0. The number of aromatic hydroxyl groups is 1. The standard InChI is InChI=1S/C42H56N2O9/c1-2-22-51-42-38(44(18-23-50-24-21-47)41(49)30-14-15-30)27-36(43-52-28-29-10-4-3-5-11-29)34-25-31(12-6-8-19-45)33(13-7-9-20-46)39(40(34)42)35-26-32(48)16-17-37(35)53-42/h2-5,10-11,16-17,25-26,30-31,33,38-40,45-48H,1,6-9,12-15,18-24,27-28H2/t31-,33+,38-,39+,40+,42+/m0/s1. The Labute approximate surface area is 312 Å². The number of carbonyl (C=O) groups is 1. The van der Waals surface area contributed by atoms with Crippen molar-refractivity contribution in [1.82, 2.24) is 4.90 Å². The zero-order valence-corrected chi connectivity index (χ0v) is 30.7. The second-order valence-corrected chi connectivity index (χ2v) is 14.7. The topological polar surface area (TPSA) is 151 Å². The molecule has 2 saturated carbocycles. The Morgan fingerprint density at radius 1 is 1.00 bits per heavy atom. The molecule has 0 radical (unpaired) electrons. The molecule has 6 rings (SSSR count). The van der Waals surface area contributed by atoms with Crippen molar-refractivity contribution in [2.45, 2.75) is 82.1 Å². The summed E-state index contributed by atoms with van der Waals surface area (Å²) in [6.07, 6.45) is 10.5. The van der Waals surface area contributed by atoms with Gasteiger partial charge in [-0.3, -0.25) is 4.79 Å². The lowest BCUT2D eigenvalue weighted by Gasteiger charge is -2.60. The molecule has 0 aromatic heterocycles. The van der Waals surface area contributed by atoms with Crippen LogP contribution < -0.4 is 4.74 Å². The van der Waals surface area contributed by atoms with Crippen LogP contribution in [-0.4, -0.2) is 95.0 Å². The van der Waals surface area contributed by atoms with E-state index in [2.05, 4.69) is 12.7 Å². The van der Waals surface area contributed by atoms with Gasteiger partial charge in [-0.05, 0) is 79.7 Å². The number of unbranched alkanes of at least 4 members (excludes halogenated alkanes) is 2. The molecule has 2 aromatic carbocycles. The number of carbonyl (C=O) groups excluding carboxylic acids is 1. The maximum Gasteiger partial charge on any atom is 0.239 e. The van der Waals surface area contributed by atoms with E-state index in [0.717, 1.165) is 60.9 Å². The monoisotopic (exact) mass is 732 g/mol. The number of nitrogens with zero attached hydrogens (tertiary/aromatic N) is 2. The summed E-state index contributed by atoms with van der Waals surface area (Å²) in [6, 6.07) is 14.4. The molecule has 4 aliphatic rings. The van der Waals surface area contributed by atoms with Gasteiger partial charge in [0.2, 0.25) is 11.7 Å². The number of ether oxygens (including phenoxy) is 3. The molecule has 1 heterocycles. The highest BCUT2D eigenvalue weighted by Crippen LogP contribution is 2.62. The number of benzene rings is 2. The van der Waals surface area contributed by atoms with Crippen LogP contribution in [0.5, 0.6) is 11.5 Å². The summed E-state index contributed by atoms with van der Waals surface area (Å²) >= 11 is 0. The highest BCUT2D eigenvalue weighted by molar-refractivity contribution is 6.03. The lowest BCUT2D eigenvalue weighted by Crippen LogP contribution is -2.70. The fourth-order valence-electron chi connectivity index (χ4n) is 8.73. The predicted molar refractivity (Wildman–Crippen MR) is 200 cm³/mol. The molecule has 11 nitrogen and oxygen atoms in total. The Morgan fingerprint density at radius 3 is 2.49 bits per heavy atom. The van der Waals surface area contributed by atoms with Gasteiger partial charge in [0, 0.05) is 43.6 Å². The Morgan fingerprint density at radius 2 is 1.77 bits per heavy atom. The van der Waals surface area contributed by atoms with Gasteiger partial charge in [-0.2, -0.15) is 0 Å². The Balaban J connectivity index is 1.54. The Kier molecular flexibility index (Phi) is 13.6. The van der Waals surface area contributed by atoms with Crippen LogP contribution in [0.15, 0.2) is 78.0 Å². The molecular weight excluding hydrogens is 676 g/mol. The average molecular weight is 733 g/mol. The Bertz CT molecular complexity index is 1580. The fourth-order valence-corrected chi connectivity index (χ4v) is 8.73. The van der Waals surface area contributed by atoms with E-state index in [-0.39, 0.29) is 88.1 Å². The highest BCUT2D eigenvalue weighted by Gasteiger charge is 2.65. The average Bonchev–Trinajstić information content (AvgIpc) is 4.02. The largest absolute Gasteiger partial charge is 0.508 e. The summed E-state index contributed by atoms with van der Waals surface area (Å²) < 4.78 is 19.9. The number of amides is 1. The fraction of sp³-hybridized carbons (Fsp3) is 0.571. The lowest BCUT2D eigenvalue weighted by molar-refractivity contribution is -0.258. The zero-order chi connectivity index (χ0) is 37.2. The van der Waals surface area contributed by atoms with Gasteiger partial charge in [-0.25, -0.2) is 0 Å². The van der Waals surface area contributed by atoms with Crippen molar-refractivity contribution in [3.05, 3.63) is 84.0 Å². The highest BCUT2D eigenvalue weighted by atomic mass is 16.7. The SMILES string of the molecule is C=CCO[C@@]12Oc3ccc(O)cc3[C@H]3[C@H](CCCCO)[C@@H](CCCCO)C=C(C(=NOCc4ccccc4)C[C@@H]1N(CCOCCO)C(=O)C1CC1)[C@H]32. The maximum atomic E-state index is 14.4. The van der Waals surface area contributed by atoms with Crippen LogP contribution in [0.2, 0.25) is 0 Å². The molecule has 3 aliphatic carbocycles. The van der Waals surface area contributed by atoms with Crippen LogP contribution in [0.4, 0.5) is 0 Å². The van der Waals surface area contributed by atoms with E-state index < -0.39 is 17.7 Å². The van der Waals surface area contributed by atoms with Gasteiger partial charge in [0.15, 0.2) is 0 Å². The van der Waals surface area contributed by atoms with Gasteiger partial charge >= 0.3 is 0 Å². The number of phenols is 1. The molecule has 53 heavy (non-hydrogen) atoms. The number of aliphatic hydroxyl groups is 3. The number of oxime groups is 1. The molecule has 4 N–H and O–H groups in total. The number of phenolic OH excluding ortho intramolecular Hbond substituents is 1. The molecule has 6 atom stereocenters. The van der Waals surface area contributed by atoms with Gasteiger partial charge in [0.1, 0.15) is 24.1 Å². The van der Waals surface area contributed by atoms with Crippen molar-refractivity contribution < 1.29 is 44.3 Å². The van der Waals surface area contributed by atoms with E-state index in [1.54, 1.807) is 24.3 Å². The third-order valence-corrected chi connectivity index (χ3v) is 11.2. The van der Waals surface area contributed by atoms with E-state index in [1.165, 1.54) is 0 Å². The first kappa shape index (κ1) is 39.0. The minimum atomic E-state index is -1.36. The molecule has 1 aliphatic heterocycles. The summed E-state index contributed by atoms with van der Waals surface area (Å²) in [6.45, 7) is 5.16. The van der Waals surface area contributed by atoms with Crippen molar-refractivity contribution in [2.24, 2.45) is 28.8 Å². The molecule has 1 amide bonds. The van der Waals surface area contributed by atoms with Gasteiger partial charge in [-0.1, -0.05) is 60.5 Å². The molecular formula is C42H56N2O9. The summed E-state index contributed by atoms with van der Waals surface area (Å²) in [4.78, 5) is 22.4. The molecule has 2 aromatic rings. The van der Waals surface area contributed by atoms with Gasteiger partial charge < -0.3 is 44.4 Å². The smallest absolute Gasteiger partial charge is 0.239 e. The van der Waals surface area contributed by atoms with Crippen molar-refractivity contribution >= 4 is 11.6 Å². The maximum absolute atomic E-state index is 14.4. The van der Waals surface area contributed by atoms with E-state index in [0.29, 0.717) is 25.0 Å². The van der Waals surface area contributed by atoms with Gasteiger partial charge in [0.25, 0.3) is 0 Å². The molecule has 0 bridgehead atoms. The van der Waals surface area contributed by atoms with E-state index >= 15 is 0 Å². The molecule has 2 fully saturated rings. The van der Waals surface area contributed by atoms with Crippen LogP contribution in [0.3, 0.4) is 0 Å². The van der Waals surface area contributed by atoms with Crippen molar-refractivity contribution in [2.75, 3.05) is 46.2 Å². The van der Waals surface area contributed by atoms with Crippen LogP contribution in [0.25, 0.3) is 0 Å². The van der Waals surface area contributed by atoms with Gasteiger partial charge in [0.05, 0.1) is 38.1 Å². The Hall–Kier alpha value is -3.74. The molecule has 11 heteroatoms. The lowest BCUT2D eigenvalue weighted by atomic mass is 9.55. The number of hydrogen-bond acceptors (Lipinski definition) is 10. The minimum Gasteiger partial charge on any atom is -0.508 e. The first-order chi connectivity index (χ1) is 25.9. The summed E-state index contributed by atoms with van der Waals surface area (Å²) in [5.74, 6) is -1.23. The molecule has 0 saturated heterocycles. The summed E-state index contributed by atoms with van der Waals surface area (Å²) in [5.41, 5.74) is 3.51. The van der Waals surface area contributed by atoms with E-state index in [1.807, 2.05) is 35.2 Å². The predicted octanol–water partition coefficient (Wildman–Crippen LogP) is 5.47. The van der Waals surface area contributed by atoms with Gasteiger partial charge in [-0.15, -0.1) is 6.58 Å². The first-order valence-electron chi connectivity index (χ1n) is 19.4. The minimum absolute atomic E-state index is 0.00926. The zero-order valence-electron chi connectivity index (χ0n) is 30.7. The van der Waals surface area contributed by atoms with Crippen LogP contribution in [0.1, 0.15) is 74.8 Å². The number of allylic oxidation sites excluding steroid dienone is 1. The van der Waals surface area contributed by atoms with Crippen LogP contribution in [0, 0.1) is 23.7 Å².